The highest BCUT2D eigenvalue weighted by atomic mass is 16.5. The van der Waals surface area contributed by atoms with Gasteiger partial charge in [0.2, 0.25) is 0 Å². The Hall–Kier alpha value is -0.460. The van der Waals surface area contributed by atoms with Crippen molar-refractivity contribution in [2.24, 2.45) is 0 Å². The van der Waals surface area contributed by atoms with Gasteiger partial charge in [-0.05, 0) is 19.9 Å². The van der Waals surface area contributed by atoms with Crippen molar-refractivity contribution < 1.29 is 4.74 Å². The van der Waals surface area contributed by atoms with Crippen LogP contribution in [0.5, 0.6) is 0 Å². The van der Waals surface area contributed by atoms with Crippen molar-refractivity contribution in [3.8, 4) is 0 Å². The zero-order valence-electron chi connectivity index (χ0n) is 4.77. The number of rotatable bonds is 0. The second-order valence-electron chi connectivity index (χ2n) is 1.98. The molecular formula is C6H10O. The first-order chi connectivity index (χ1) is 3.29. The van der Waals surface area contributed by atoms with Crippen molar-refractivity contribution in [1.82, 2.24) is 0 Å². The zero-order valence-corrected chi connectivity index (χ0v) is 4.77. The fourth-order valence-electron chi connectivity index (χ4n) is 0.745. The highest BCUT2D eigenvalue weighted by Gasteiger charge is 2.07. The van der Waals surface area contributed by atoms with E-state index in [4.69, 9.17) is 4.74 Å². The van der Waals surface area contributed by atoms with Crippen molar-refractivity contribution in [3.05, 3.63) is 11.8 Å². The number of allylic oxidation sites excluding steroid dienone is 1. The third-order valence-electron chi connectivity index (χ3n) is 1.12. The maximum Gasteiger partial charge on any atom is 0.0989 e. The lowest BCUT2D eigenvalue weighted by Crippen LogP contribution is -1.96. The van der Waals surface area contributed by atoms with Gasteiger partial charge in [0.05, 0.1) is 11.9 Å². The third kappa shape index (κ3) is 0.952. The second kappa shape index (κ2) is 1.57. The maximum absolute atomic E-state index is 5.22. The van der Waals surface area contributed by atoms with Gasteiger partial charge in [0, 0.05) is 6.42 Å². The van der Waals surface area contributed by atoms with E-state index in [9.17, 15) is 0 Å². The van der Waals surface area contributed by atoms with Gasteiger partial charge in [-0.15, -0.1) is 0 Å². The summed E-state index contributed by atoms with van der Waals surface area (Å²) in [6.07, 6.45) is 3.64. The fraction of sp³-hybridized carbons (Fsp3) is 0.667. The molecule has 0 aromatic carbocycles. The largest absolute Gasteiger partial charge is 0.495 e. The number of hydrogen-bond donors (Lipinski definition) is 0. The van der Waals surface area contributed by atoms with Crippen LogP contribution in [-0.4, -0.2) is 6.10 Å². The van der Waals surface area contributed by atoms with Crippen LogP contribution in [0.15, 0.2) is 11.8 Å². The van der Waals surface area contributed by atoms with Crippen LogP contribution >= 0.6 is 0 Å². The van der Waals surface area contributed by atoms with Crippen LogP contribution in [0.1, 0.15) is 20.3 Å². The molecule has 1 heteroatoms. The molecule has 0 aliphatic carbocycles. The van der Waals surface area contributed by atoms with Crippen molar-refractivity contribution in [3.63, 3.8) is 0 Å². The molecule has 40 valence electrons. The Morgan fingerprint density at radius 1 is 1.86 bits per heavy atom. The van der Waals surface area contributed by atoms with E-state index >= 15 is 0 Å². The first-order valence-electron chi connectivity index (χ1n) is 2.62. The molecule has 1 rings (SSSR count). The van der Waals surface area contributed by atoms with E-state index < -0.39 is 0 Å². The summed E-state index contributed by atoms with van der Waals surface area (Å²) in [5, 5.41) is 0. The SMILES string of the molecule is CC1=CCC(C)O1. The van der Waals surface area contributed by atoms with Gasteiger partial charge in [0.1, 0.15) is 0 Å². The monoisotopic (exact) mass is 98.1 g/mol. The van der Waals surface area contributed by atoms with Crippen LogP contribution in [0, 0.1) is 0 Å². The van der Waals surface area contributed by atoms with Crippen LogP contribution < -0.4 is 0 Å². The average molecular weight is 98.1 g/mol. The van der Waals surface area contributed by atoms with E-state index in [1.54, 1.807) is 0 Å². The van der Waals surface area contributed by atoms with E-state index in [2.05, 4.69) is 13.0 Å². The van der Waals surface area contributed by atoms with Crippen molar-refractivity contribution in [2.75, 3.05) is 0 Å². The van der Waals surface area contributed by atoms with Gasteiger partial charge in [0.15, 0.2) is 0 Å². The Bertz CT molecular complexity index is 94.4. The van der Waals surface area contributed by atoms with Crippen LogP contribution in [-0.2, 0) is 4.74 Å². The summed E-state index contributed by atoms with van der Waals surface area (Å²) in [5.74, 6) is 1.08. The maximum atomic E-state index is 5.22. The summed E-state index contributed by atoms with van der Waals surface area (Å²) in [6, 6.07) is 0. The molecule has 0 radical (unpaired) electrons. The molecule has 1 aliphatic rings. The molecule has 1 nitrogen and oxygen atoms in total. The van der Waals surface area contributed by atoms with E-state index in [0.29, 0.717) is 6.10 Å². The summed E-state index contributed by atoms with van der Waals surface area (Å²) in [4.78, 5) is 0. The van der Waals surface area contributed by atoms with Crippen molar-refractivity contribution in [1.29, 1.82) is 0 Å². The van der Waals surface area contributed by atoms with Gasteiger partial charge in [-0.3, -0.25) is 0 Å². The van der Waals surface area contributed by atoms with E-state index in [0.717, 1.165) is 12.2 Å². The van der Waals surface area contributed by atoms with Crippen LogP contribution in [0.25, 0.3) is 0 Å². The van der Waals surface area contributed by atoms with Gasteiger partial charge in [-0.2, -0.15) is 0 Å². The lowest BCUT2D eigenvalue weighted by atomic mass is 10.3. The highest BCUT2D eigenvalue weighted by molar-refractivity contribution is 4.96. The predicted octanol–water partition coefficient (Wildman–Crippen LogP) is 1.70. The minimum Gasteiger partial charge on any atom is -0.495 e. The molecular weight excluding hydrogens is 88.1 g/mol. The Morgan fingerprint density at radius 3 is 2.71 bits per heavy atom. The van der Waals surface area contributed by atoms with Crippen molar-refractivity contribution >= 4 is 0 Å². The molecule has 1 aliphatic heterocycles. The lowest BCUT2D eigenvalue weighted by molar-refractivity contribution is 0.162. The third-order valence-corrected chi connectivity index (χ3v) is 1.12. The fourth-order valence-corrected chi connectivity index (χ4v) is 0.745. The Morgan fingerprint density at radius 2 is 2.57 bits per heavy atom. The molecule has 1 atom stereocenters. The standard InChI is InChI=1S/C6H10O/c1-5-3-4-6(2)7-5/h3,6H,4H2,1-2H3. The topological polar surface area (TPSA) is 9.23 Å². The number of ether oxygens (including phenoxy) is 1. The van der Waals surface area contributed by atoms with Crippen LogP contribution in [0.3, 0.4) is 0 Å². The molecule has 0 aromatic rings. The van der Waals surface area contributed by atoms with E-state index in [-0.39, 0.29) is 0 Å². The zero-order chi connectivity index (χ0) is 5.28. The van der Waals surface area contributed by atoms with E-state index in [1.165, 1.54) is 0 Å². The number of hydrogen-bond acceptors (Lipinski definition) is 1. The first-order valence-corrected chi connectivity index (χ1v) is 2.62. The Kier molecular flexibility index (Phi) is 1.05. The molecule has 7 heavy (non-hydrogen) atoms. The van der Waals surface area contributed by atoms with Gasteiger partial charge >= 0.3 is 0 Å². The second-order valence-corrected chi connectivity index (χ2v) is 1.98. The van der Waals surface area contributed by atoms with Gasteiger partial charge in [-0.25, -0.2) is 0 Å². The summed E-state index contributed by atoms with van der Waals surface area (Å²) >= 11 is 0. The molecule has 0 fully saturated rings. The predicted molar refractivity (Wildman–Crippen MR) is 28.9 cm³/mol. The molecule has 1 heterocycles. The molecule has 0 aromatic heterocycles. The first kappa shape index (κ1) is 4.69. The quantitative estimate of drug-likeness (QED) is 0.448. The summed E-state index contributed by atoms with van der Waals surface area (Å²) in [7, 11) is 0. The summed E-state index contributed by atoms with van der Waals surface area (Å²) in [5.41, 5.74) is 0. The molecule has 0 N–H and O–H groups in total. The molecule has 1 unspecified atom stereocenters. The minimum absolute atomic E-state index is 0.431. The Labute approximate surface area is 44.0 Å². The van der Waals surface area contributed by atoms with Gasteiger partial charge in [-0.1, -0.05) is 0 Å². The smallest absolute Gasteiger partial charge is 0.0989 e. The Balaban J connectivity index is 2.42. The molecule has 0 bridgehead atoms. The van der Waals surface area contributed by atoms with Gasteiger partial charge < -0.3 is 4.74 Å². The molecule has 0 saturated heterocycles. The molecule has 0 saturated carbocycles. The van der Waals surface area contributed by atoms with Crippen LogP contribution in [0.4, 0.5) is 0 Å². The molecule has 0 amide bonds. The highest BCUT2D eigenvalue weighted by Crippen LogP contribution is 2.14. The van der Waals surface area contributed by atoms with Crippen molar-refractivity contribution in [2.45, 2.75) is 26.4 Å². The van der Waals surface area contributed by atoms with Gasteiger partial charge in [0.25, 0.3) is 0 Å². The molecule has 0 spiro atoms. The van der Waals surface area contributed by atoms with E-state index in [1.807, 2.05) is 6.92 Å². The summed E-state index contributed by atoms with van der Waals surface area (Å²) in [6.45, 7) is 4.07. The average Bonchev–Trinajstić information content (AvgIpc) is 1.87. The van der Waals surface area contributed by atoms with Crippen LogP contribution in [0.2, 0.25) is 0 Å². The lowest BCUT2D eigenvalue weighted by Gasteiger charge is -2.01. The normalized spacial score (nSPS) is 29.4. The summed E-state index contributed by atoms with van der Waals surface area (Å²) < 4.78 is 5.22. The minimum atomic E-state index is 0.431.